The molecule has 134 valence electrons. The number of carbonyl (C=O) groups excluding carboxylic acids is 2. The number of amides is 1. The third kappa shape index (κ3) is 4.10. The third-order valence-electron chi connectivity index (χ3n) is 3.89. The molecule has 2 aromatic heterocycles. The van der Waals surface area contributed by atoms with Crippen LogP contribution in [0.5, 0.6) is 0 Å². The number of imidazole rings is 1. The summed E-state index contributed by atoms with van der Waals surface area (Å²) >= 11 is 0. The van der Waals surface area contributed by atoms with E-state index in [1.165, 1.54) is 7.11 Å². The van der Waals surface area contributed by atoms with Crippen LogP contribution in [0.25, 0.3) is 5.65 Å². The first-order chi connectivity index (χ1) is 11.8. The number of nitrogens with zero attached hydrogens (tertiary/aromatic N) is 2. The van der Waals surface area contributed by atoms with Crippen LogP contribution in [0.4, 0.5) is 4.79 Å². The van der Waals surface area contributed by atoms with Gasteiger partial charge < -0.3 is 19.2 Å². The summed E-state index contributed by atoms with van der Waals surface area (Å²) in [7, 11) is 1.36. The number of hydrogen-bond acceptors (Lipinski definition) is 5. The average molecular weight is 345 g/mol. The predicted molar refractivity (Wildman–Crippen MR) is 91.6 cm³/mol. The number of pyridine rings is 1. The van der Waals surface area contributed by atoms with E-state index in [1.54, 1.807) is 20.8 Å². The van der Waals surface area contributed by atoms with Crippen LogP contribution in [-0.4, -0.2) is 34.2 Å². The number of fused-ring (bicyclic) bond motifs is 1. The Morgan fingerprint density at radius 3 is 2.64 bits per heavy atom. The number of carbonyl (C=O) groups is 2. The zero-order chi connectivity index (χ0) is 18.2. The SMILES string of the molecule is COC(=O)c1cc(C2CC2)cn2cc(CNC(=O)OC(C)(C)C)nc12. The molecule has 0 spiro atoms. The molecule has 7 heteroatoms. The number of hydrogen-bond donors (Lipinski definition) is 1. The summed E-state index contributed by atoms with van der Waals surface area (Å²) in [6.45, 7) is 5.63. The van der Waals surface area contributed by atoms with E-state index in [9.17, 15) is 9.59 Å². The van der Waals surface area contributed by atoms with Crippen molar-refractivity contribution in [1.82, 2.24) is 14.7 Å². The molecule has 0 bridgehead atoms. The number of ether oxygens (including phenoxy) is 2. The van der Waals surface area contributed by atoms with Gasteiger partial charge in [-0.3, -0.25) is 0 Å². The van der Waals surface area contributed by atoms with Gasteiger partial charge in [-0.2, -0.15) is 0 Å². The van der Waals surface area contributed by atoms with Crippen molar-refractivity contribution in [2.24, 2.45) is 0 Å². The highest BCUT2D eigenvalue weighted by molar-refractivity contribution is 5.96. The summed E-state index contributed by atoms with van der Waals surface area (Å²) in [6, 6.07) is 1.86. The minimum Gasteiger partial charge on any atom is -0.465 e. The zero-order valence-electron chi connectivity index (χ0n) is 15.0. The van der Waals surface area contributed by atoms with E-state index in [2.05, 4.69) is 10.3 Å². The van der Waals surface area contributed by atoms with Gasteiger partial charge >= 0.3 is 12.1 Å². The van der Waals surface area contributed by atoms with Gasteiger partial charge in [0.05, 0.1) is 19.3 Å². The summed E-state index contributed by atoms with van der Waals surface area (Å²) < 4.78 is 11.9. The van der Waals surface area contributed by atoms with Crippen molar-refractivity contribution in [3.63, 3.8) is 0 Å². The van der Waals surface area contributed by atoms with Gasteiger partial charge in [-0.1, -0.05) is 0 Å². The molecule has 1 aliphatic rings. The number of nitrogens with one attached hydrogen (secondary N) is 1. The lowest BCUT2D eigenvalue weighted by Gasteiger charge is -2.19. The van der Waals surface area contributed by atoms with Crippen LogP contribution in [0.2, 0.25) is 0 Å². The molecule has 2 aromatic rings. The monoisotopic (exact) mass is 345 g/mol. The summed E-state index contributed by atoms with van der Waals surface area (Å²) in [5.41, 5.74) is 2.16. The van der Waals surface area contributed by atoms with Gasteiger partial charge in [-0.05, 0) is 51.2 Å². The molecule has 25 heavy (non-hydrogen) atoms. The Hall–Kier alpha value is -2.57. The van der Waals surface area contributed by atoms with Crippen LogP contribution in [0, 0.1) is 0 Å². The normalized spacial score (nSPS) is 14.4. The van der Waals surface area contributed by atoms with Crippen molar-refractivity contribution in [3.8, 4) is 0 Å². The molecule has 0 atom stereocenters. The van der Waals surface area contributed by atoms with Crippen molar-refractivity contribution in [1.29, 1.82) is 0 Å². The van der Waals surface area contributed by atoms with Gasteiger partial charge in [0.25, 0.3) is 0 Å². The van der Waals surface area contributed by atoms with Crippen molar-refractivity contribution >= 4 is 17.7 Å². The van der Waals surface area contributed by atoms with Crippen molar-refractivity contribution in [2.75, 3.05) is 7.11 Å². The second-order valence-corrected chi connectivity index (χ2v) is 7.27. The zero-order valence-corrected chi connectivity index (χ0v) is 15.0. The van der Waals surface area contributed by atoms with Gasteiger partial charge in [0.1, 0.15) is 11.2 Å². The smallest absolute Gasteiger partial charge is 0.407 e. The molecule has 1 N–H and O–H groups in total. The molecule has 0 aliphatic heterocycles. The molecule has 0 aromatic carbocycles. The summed E-state index contributed by atoms with van der Waals surface area (Å²) in [6.07, 6.45) is 5.56. The number of methoxy groups -OCH3 is 1. The van der Waals surface area contributed by atoms with Gasteiger partial charge in [0.2, 0.25) is 0 Å². The first-order valence-electron chi connectivity index (χ1n) is 8.33. The Labute approximate surface area is 146 Å². The molecule has 3 rings (SSSR count). The van der Waals surface area contributed by atoms with Crippen LogP contribution < -0.4 is 5.32 Å². The van der Waals surface area contributed by atoms with E-state index < -0.39 is 17.7 Å². The summed E-state index contributed by atoms with van der Waals surface area (Å²) in [5.74, 6) is 0.0864. The van der Waals surface area contributed by atoms with Crippen molar-refractivity contribution in [2.45, 2.75) is 51.7 Å². The van der Waals surface area contributed by atoms with Crippen LogP contribution >= 0.6 is 0 Å². The van der Waals surface area contributed by atoms with E-state index in [1.807, 2.05) is 22.9 Å². The Kier molecular flexibility index (Phi) is 4.41. The lowest BCUT2D eigenvalue weighted by atomic mass is 10.1. The van der Waals surface area contributed by atoms with E-state index in [0.29, 0.717) is 22.8 Å². The minimum atomic E-state index is -0.555. The van der Waals surface area contributed by atoms with Crippen molar-refractivity contribution in [3.05, 3.63) is 35.3 Å². The molecule has 2 heterocycles. The number of rotatable bonds is 4. The molecule has 1 aliphatic carbocycles. The van der Waals surface area contributed by atoms with Crippen LogP contribution in [-0.2, 0) is 16.0 Å². The van der Waals surface area contributed by atoms with Gasteiger partial charge in [-0.15, -0.1) is 0 Å². The molecular formula is C18H23N3O4. The lowest BCUT2D eigenvalue weighted by Crippen LogP contribution is -2.32. The number of esters is 1. The van der Waals surface area contributed by atoms with Gasteiger partial charge in [0, 0.05) is 12.4 Å². The summed E-state index contributed by atoms with van der Waals surface area (Å²) in [5, 5.41) is 2.68. The van der Waals surface area contributed by atoms with Gasteiger partial charge in [-0.25, -0.2) is 14.6 Å². The fraction of sp³-hybridized carbons (Fsp3) is 0.500. The molecule has 0 saturated heterocycles. The number of alkyl carbamates (subject to hydrolysis) is 1. The Morgan fingerprint density at radius 2 is 2.04 bits per heavy atom. The molecule has 0 radical (unpaired) electrons. The fourth-order valence-electron chi connectivity index (χ4n) is 2.63. The molecular weight excluding hydrogens is 322 g/mol. The fourth-order valence-corrected chi connectivity index (χ4v) is 2.63. The van der Waals surface area contributed by atoms with Gasteiger partial charge in [0.15, 0.2) is 5.65 Å². The topological polar surface area (TPSA) is 81.9 Å². The Balaban J connectivity index is 1.83. The molecule has 0 unspecified atom stereocenters. The molecule has 1 amide bonds. The highest BCUT2D eigenvalue weighted by Gasteiger charge is 2.26. The number of aromatic nitrogens is 2. The first kappa shape index (κ1) is 17.3. The van der Waals surface area contributed by atoms with Crippen LogP contribution in [0.1, 0.15) is 61.1 Å². The van der Waals surface area contributed by atoms with E-state index in [4.69, 9.17) is 9.47 Å². The first-order valence-corrected chi connectivity index (χ1v) is 8.33. The second kappa shape index (κ2) is 6.38. The molecule has 1 saturated carbocycles. The van der Waals surface area contributed by atoms with Crippen LogP contribution in [0.15, 0.2) is 18.5 Å². The maximum absolute atomic E-state index is 12.1. The van der Waals surface area contributed by atoms with E-state index >= 15 is 0 Å². The van der Waals surface area contributed by atoms with E-state index in [0.717, 1.165) is 18.4 Å². The Bertz CT molecular complexity index is 816. The highest BCUT2D eigenvalue weighted by atomic mass is 16.6. The second-order valence-electron chi connectivity index (χ2n) is 7.27. The van der Waals surface area contributed by atoms with Crippen LogP contribution in [0.3, 0.4) is 0 Å². The maximum Gasteiger partial charge on any atom is 0.407 e. The predicted octanol–water partition coefficient (Wildman–Crippen LogP) is 3.02. The Morgan fingerprint density at radius 1 is 1.32 bits per heavy atom. The highest BCUT2D eigenvalue weighted by Crippen LogP contribution is 2.40. The molecule has 1 fully saturated rings. The minimum absolute atomic E-state index is 0.218. The standard InChI is InChI=1S/C18H23N3O4/c1-18(2,3)25-17(23)19-8-13-10-21-9-12(11-5-6-11)7-14(15(21)20-13)16(22)24-4/h7,9-11H,5-6,8H2,1-4H3,(H,19,23). The average Bonchev–Trinajstić information content (AvgIpc) is 3.29. The lowest BCUT2D eigenvalue weighted by molar-refractivity contribution is 0.0521. The van der Waals surface area contributed by atoms with E-state index in [-0.39, 0.29) is 6.54 Å². The largest absolute Gasteiger partial charge is 0.465 e. The van der Waals surface area contributed by atoms with Crippen molar-refractivity contribution < 1.29 is 19.1 Å². The third-order valence-corrected chi connectivity index (χ3v) is 3.89. The molecule has 7 nitrogen and oxygen atoms in total. The summed E-state index contributed by atoms with van der Waals surface area (Å²) in [4.78, 5) is 28.3. The maximum atomic E-state index is 12.1. The quantitative estimate of drug-likeness (QED) is 0.861.